The molecule has 9 nitrogen and oxygen atoms in total. The van der Waals surface area contributed by atoms with Crippen LogP contribution in [-0.2, 0) is 9.53 Å². The smallest absolute Gasteiger partial charge is 0.248 e. The number of benzene rings is 2. The quantitative estimate of drug-likeness (QED) is 0.329. The maximum Gasteiger partial charge on any atom is 0.248 e. The number of carbonyl (C=O) groups is 1. The topological polar surface area (TPSA) is 91.9 Å². The van der Waals surface area contributed by atoms with Gasteiger partial charge < -0.3 is 20.1 Å². The van der Waals surface area contributed by atoms with E-state index in [9.17, 15) is 9.18 Å². The van der Waals surface area contributed by atoms with Gasteiger partial charge in [0, 0.05) is 68.6 Å². The molecule has 3 fully saturated rings. The van der Waals surface area contributed by atoms with Gasteiger partial charge in [0.25, 0.3) is 0 Å². The van der Waals surface area contributed by atoms with Crippen LogP contribution in [0.1, 0.15) is 19.3 Å². The minimum absolute atomic E-state index is 0.00848. The van der Waals surface area contributed by atoms with Crippen molar-refractivity contribution in [3.05, 3.63) is 59.7 Å². The van der Waals surface area contributed by atoms with Gasteiger partial charge in [0.1, 0.15) is 23.7 Å². The van der Waals surface area contributed by atoms with E-state index in [0.29, 0.717) is 59.0 Å². The lowest BCUT2D eigenvalue weighted by molar-refractivity contribution is -0.111. The molecule has 3 aliphatic rings. The third-order valence-electron chi connectivity index (χ3n) is 7.81. The highest BCUT2D eigenvalue weighted by molar-refractivity contribution is 6.31. The first-order chi connectivity index (χ1) is 20.0. The number of aromatic nitrogens is 2. The normalized spacial score (nSPS) is 20.1. The van der Waals surface area contributed by atoms with Crippen molar-refractivity contribution in [3.63, 3.8) is 0 Å². The van der Waals surface area contributed by atoms with E-state index in [0.717, 1.165) is 58.7 Å². The second-order valence-electron chi connectivity index (χ2n) is 10.8. The van der Waals surface area contributed by atoms with Gasteiger partial charge in [-0.3, -0.25) is 14.6 Å². The minimum atomic E-state index is -0.498. The molecule has 1 unspecified atom stereocenters. The molecule has 2 saturated heterocycles. The Morgan fingerprint density at radius 1 is 1.15 bits per heavy atom. The summed E-state index contributed by atoms with van der Waals surface area (Å²) < 4.78 is 25.3. The summed E-state index contributed by atoms with van der Waals surface area (Å²) in [5, 5.41) is 6.86. The number of amides is 1. The Labute approximate surface area is 243 Å². The Morgan fingerprint density at radius 3 is 2.76 bits per heavy atom. The van der Waals surface area contributed by atoms with Crippen molar-refractivity contribution < 1.29 is 18.7 Å². The van der Waals surface area contributed by atoms with E-state index >= 15 is 0 Å². The van der Waals surface area contributed by atoms with Gasteiger partial charge in [-0.05, 0) is 49.4 Å². The van der Waals surface area contributed by atoms with E-state index in [1.54, 1.807) is 12.1 Å². The molecule has 1 aliphatic carbocycles. The Balaban J connectivity index is 1.14. The van der Waals surface area contributed by atoms with Crippen LogP contribution < -0.4 is 15.4 Å². The van der Waals surface area contributed by atoms with Crippen LogP contribution in [0.4, 0.5) is 21.6 Å². The molecule has 11 heteroatoms. The van der Waals surface area contributed by atoms with Crippen molar-refractivity contribution in [1.29, 1.82) is 0 Å². The monoisotopic (exact) mass is 580 g/mol. The number of carbonyl (C=O) groups excluding carboxylic acids is 1. The largest absolute Gasteiger partial charge is 0.491 e. The summed E-state index contributed by atoms with van der Waals surface area (Å²) in [5.41, 5.74) is 1.77. The SMILES string of the molecule is O=C(/C=C/CN1CCN(C2CCOC2)CC1)Nc1cc2c(Nc3ccc(F)c(Cl)c3)ncnc2cc1OCC1CC1. The molecule has 1 atom stereocenters. The first-order valence-electron chi connectivity index (χ1n) is 14.2. The van der Waals surface area contributed by atoms with Crippen molar-refractivity contribution in [1.82, 2.24) is 19.8 Å². The van der Waals surface area contributed by atoms with Crippen molar-refractivity contribution in [2.45, 2.75) is 25.3 Å². The molecule has 216 valence electrons. The maximum atomic E-state index is 13.7. The molecule has 41 heavy (non-hydrogen) atoms. The fourth-order valence-corrected chi connectivity index (χ4v) is 5.39. The number of hydrogen-bond acceptors (Lipinski definition) is 8. The molecule has 0 bridgehead atoms. The second-order valence-corrected chi connectivity index (χ2v) is 11.2. The second kappa shape index (κ2) is 12.7. The van der Waals surface area contributed by atoms with Gasteiger partial charge in [-0.15, -0.1) is 0 Å². The molecule has 2 aromatic carbocycles. The zero-order valence-electron chi connectivity index (χ0n) is 22.8. The zero-order chi connectivity index (χ0) is 28.2. The average Bonchev–Trinajstić information content (AvgIpc) is 3.64. The number of nitrogens with one attached hydrogen (secondary N) is 2. The Morgan fingerprint density at radius 2 is 2.00 bits per heavy atom. The number of ether oxygens (including phenoxy) is 2. The van der Waals surface area contributed by atoms with Gasteiger partial charge in [-0.2, -0.15) is 0 Å². The van der Waals surface area contributed by atoms with Crippen LogP contribution in [0, 0.1) is 11.7 Å². The van der Waals surface area contributed by atoms with Gasteiger partial charge in [0.2, 0.25) is 5.91 Å². The Kier molecular flexibility index (Phi) is 8.62. The molecule has 0 spiro atoms. The highest BCUT2D eigenvalue weighted by Gasteiger charge is 2.26. The molecule has 6 rings (SSSR count). The molecular formula is C30H34ClFN6O3. The fraction of sp³-hybridized carbons (Fsp3) is 0.433. The van der Waals surface area contributed by atoms with Gasteiger partial charge >= 0.3 is 0 Å². The lowest BCUT2D eigenvalue weighted by atomic mass is 10.1. The van der Waals surface area contributed by atoms with Crippen molar-refractivity contribution in [2.75, 3.05) is 63.2 Å². The van der Waals surface area contributed by atoms with E-state index in [1.165, 1.54) is 18.5 Å². The zero-order valence-corrected chi connectivity index (χ0v) is 23.6. The van der Waals surface area contributed by atoms with E-state index in [-0.39, 0.29) is 10.9 Å². The number of halogens is 2. The van der Waals surface area contributed by atoms with Crippen LogP contribution in [0.3, 0.4) is 0 Å². The highest BCUT2D eigenvalue weighted by atomic mass is 35.5. The van der Waals surface area contributed by atoms with Crippen LogP contribution in [0.25, 0.3) is 10.9 Å². The van der Waals surface area contributed by atoms with E-state index < -0.39 is 5.82 Å². The summed E-state index contributed by atoms with van der Waals surface area (Å²) >= 11 is 5.96. The molecule has 1 saturated carbocycles. The third kappa shape index (κ3) is 7.13. The summed E-state index contributed by atoms with van der Waals surface area (Å²) in [4.78, 5) is 26.6. The first kappa shape index (κ1) is 27.8. The van der Waals surface area contributed by atoms with E-state index in [2.05, 4.69) is 30.4 Å². The number of fused-ring (bicyclic) bond motifs is 1. The highest BCUT2D eigenvalue weighted by Crippen LogP contribution is 2.36. The Bertz CT molecular complexity index is 1420. The average molecular weight is 581 g/mol. The van der Waals surface area contributed by atoms with E-state index in [4.69, 9.17) is 21.1 Å². The minimum Gasteiger partial charge on any atom is -0.491 e. The van der Waals surface area contributed by atoms with Gasteiger partial charge in [0.05, 0.1) is 29.4 Å². The van der Waals surface area contributed by atoms with Crippen molar-refractivity contribution in [3.8, 4) is 5.75 Å². The van der Waals surface area contributed by atoms with Crippen LogP contribution in [0.5, 0.6) is 5.75 Å². The maximum absolute atomic E-state index is 13.7. The summed E-state index contributed by atoms with van der Waals surface area (Å²) in [5.74, 6) is 0.871. The van der Waals surface area contributed by atoms with Crippen LogP contribution in [0.2, 0.25) is 5.02 Å². The molecule has 1 aromatic heterocycles. The number of anilines is 3. The standard InChI is InChI=1S/C30H34ClFN6O3/c31-24-14-21(5-6-25(24)32)35-30-23-15-27(28(41-17-20-3-4-20)16-26(23)33-19-34-30)36-29(39)2-1-8-37-9-11-38(12-10-37)22-7-13-40-18-22/h1-2,5-6,14-16,19-20,22H,3-4,7-13,17-18H2,(H,36,39)(H,33,34,35)/b2-1+. The number of piperazine rings is 1. The van der Waals surface area contributed by atoms with Gasteiger partial charge in [-0.25, -0.2) is 14.4 Å². The lowest BCUT2D eigenvalue weighted by Gasteiger charge is -2.37. The van der Waals surface area contributed by atoms with Crippen LogP contribution in [0.15, 0.2) is 48.8 Å². The summed E-state index contributed by atoms with van der Waals surface area (Å²) in [7, 11) is 0. The molecular weight excluding hydrogens is 547 g/mol. The molecule has 2 aliphatic heterocycles. The predicted octanol–water partition coefficient (Wildman–Crippen LogP) is 4.86. The van der Waals surface area contributed by atoms with Crippen LogP contribution in [-0.4, -0.2) is 84.3 Å². The van der Waals surface area contributed by atoms with Gasteiger partial charge in [-0.1, -0.05) is 17.7 Å². The number of hydrogen-bond donors (Lipinski definition) is 2. The summed E-state index contributed by atoms with van der Waals surface area (Å²) in [6, 6.07) is 8.54. The molecule has 3 heterocycles. The lowest BCUT2D eigenvalue weighted by Crippen LogP contribution is -2.50. The van der Waals surface area contributed by atoms with Crippen molar-refractivity contribution in [2.24, 2.45) is 5.92 Å². The van der Waals surface area contributed by atoms with Crippen LogP contribution >= 0.6 is 11.6 Å². The molecule has 0 radical (unpaired) electrons. The Hall–Kier alpha value is -3.31. The predicted molar refractivity (Wildman–Crippen MR) is 157 cm³/mol. The van der Waals surface area contributed by atoms with E-state index in [1.807, 2.05) is 18.2 Å². The third-order valence-corrected chi connectivity index (χ3v) is 8.10. The fourth-order valence-electron chi connectivity index (χ4n) is 5.21. The van der Waals surface area contributed by atoms with Gasteiger partial charge in [0.15, 0.2) is 0 Å². The number of nitrogens with zero attached hydrogens (tertiary/aromatic N) is 4. The molecule has 2 N–H and O–H groups in total. The summed E-state index contributed by atoms with van der Waals surface area (Å²) in [6.07, 6.45) is 8.35. The molecule has 1 amide bonds. The molecule has 3 aromatic rings. The number of rotatable bonds is 10. The first-order valence-corrected chi connectivity index (χ1v) is 14.5. The summed E-state index contributed by atoms with van der Waals surface area (Å²) in [6.45, 7) is 7.00. The van der Waals surface area contributed by atoms with Crippen molar-refractivity contribution >= 4 is 45.6 Å².